The second kappa shape index (κ2) is 7.67. The summed E-state index contributed by atoms with van der Waals surface area (Å²) in [7, 11) is -7.41. The summed E-state index contributed by atoms with van der Waals surface area (Å²) in [6.45, 7) is 3.61. The SMILES string of the molecule is C=CS(=O)(=O)NC[C@H]1CCN(S(=O)(=O)c2ccc(CC(F)(F)F)cc2)C1. The lowest BCUT2D eigenvalue weighted by atomic mass is 10.1. The zero-order valence-corrected chi connectivity index (χ0v) is 15.4. The average molecular weight is 412 g/mol. The van der Waals surface area contributed by atoms with Gasteiger partial charge in [-0.25, -0.2) is 21.6 Å². The Morgan fingerprint density at radius 2 is 1.81 bits per heavy atom. The van der Waals surface area contributed by atoms with Crippen LogP contribution in [0.5, 0.6) is 0 Å². The van der Waals surface area contributed by atoms with Gasteiger partial charge in [0.1, 0.15) is 0 Å². The first-order valence-corrected chi connectivity index (χ1v) is 10.7. The first kappa shape index (κ1) is 20.9. The molecule has 6 nitrogen and oxygen atoms in total. The maximum Gasteiger partial charge on any atom is 0.393 e. The summed E-state index contributed by atoms with van der Waals surface area (Å²) >= 11 is 0. The van der Waals surface area contributed by atoms with Crippen molar-refractivity contribution in [1.82, 2.24) is 9.03 Å². The number of nitrogens with one attached hydrogen (secondary N) is 1. The normalized spacial score (nSPS) is 19.6. The molecule has 1 atom stereocenters. The average Bonchev–Trinajstić information content (AvgIpc) is 3.02. The molecule has 0 radical (unpaired) electrons. The van der Waals surface area contributed by atoms with E-state index in [1.807, 2.05) is 0 Å². The Morgan fingerprint density at radius 1 is 1.19 bits per heavy atom. The summed E-state index contributed by atoms with van der Waals surface area (Å²) in [4.78, 5) is -0.0873. The van der Waals surface area contributed by atoms with Crippen LogP contribution in [0.25, 0.3) is 0 Å². The molecule has 1 fully saturated rings. The standard InChI is InChI=1S/C15H19F3N2O4S2/c1-2-25(21,22)19-10-13-7-8-20(11-13)26(23,24)14-5-3-12(4-6-14)9-15(16,17)18/h2-6,13,19H,1,7-11H2/t13-/m1/s1. The molecule has 146 valence electrons. The van der Waals surface area contributed by atoms with E-state index < -0.39 is 32.6 Å². The molecular formula is C15H19F3N2O4S2. The van der Waals surface area contributed by atoms with Crippen LogP contribution in [0.15, 0.2) is 41.1 Å². The highest BCUT2D eigenvalue weighted by atomic mass is 32.2. The van der Waals surface area contributed by atoms with E-state index in [-0.39, 0.29) is 36.0 Å². The van der Waals surface area contributed by atoms with Crippen LogP contribution >= 0.6 is 0 Å². The number of nitrogens with zero attached hydrogens (tertiary/aromatic N) is 1. The third-order valence-corrected chi connectivity index (χ3v) is 6.89. The van der Waals surface area contributed by atoms with Gasteiger partial charge in [-0.15, -0.1) is 0 Å². The second-order valence-electron chi connectivity index (χ2n) is 6.01. The van der Waals surface area contributed by atoms with E-state index in [9.17, 15) is 30.0 Å². The third-order valence-electron chi connectivity index (χ3n) is 4.01. The number of halogens is 3. The maximum atomic E-state index is 12.6. The second-order valence-corrected chi connectivity index (χ2v) is 9.66. The number of benzene rings is 1. The van der Waals surface area contributed by atoms with E-state index in [1.54, 1.807) is 0 Å². The highest BCUT2D eigenvalue weighted by Gasteiger charge is 2.33. The highest BCUT2D eigenvalue weighted by Crippen LogP contribution is 2.26. The first-order valence-electron chi connectivity index (χ1n) is 7.71. The minimum Gasteiger partial charge on any atom is -0.211 e. The van der Waals surface area contributed by atoms with Crippen molar-refractivity contribution in [1.29, 1.82) is 0 Å². The summed E-state index contributed by atoms with van der Waals surface area (Å²) in [5.74, 6) is -0.191. The topological polar surface area (TPSA) is 83.6 Å². The van der Waals surface area contributed by atoms with Gasteiger partial charge in [0.15, 0.2) is 0 Å². The molecule has 1 aromatic rings. The van der Waals surface area contributed by atoms with Gasteiger partial charge in [0, 0.05) is 25.0 Å². The van der Waals surface area contributed by atoms with Crippen LogP contribution in [0.1, 0.15) is 12.0 Å². The first-order chi connectivity index (χ1) is 11.9. The minimum atomic E-state index is -4.36. The van der Waals surface area contributed by atoms with Gasteiger partial charge in [-0.3, -0.25) is 0 Å². The molecule has 1 heterocycles. The molecule has 2 rings (SSSR count). The quantitative estimate of drug-likeness (QED) is 0.741. The Hall–Kier alpha value is -1.43. The fraction of sp³-hybridized carbons (Fsp3) is 0.467. The molecule has 1 aliphatic rings. The van der Waals surface area contributed by atoms with Gasteiger partial charge in [-0.2, -0.15) is 17.5 Å². The number of hydrogen-bond acceptors (Lipinski definition) is 4. The van der Waals surface area contributed by atoms with Crippen molar-refractivity contribution in [2.24, 2.45) is 5.92 Å². The minimum absolute atomic E-state index is 0.0189. The fourth-order valence-electron chi connectivity index (χ4n) is 2.63. The lowest BCUT2D eigenvalue weighted by Gasteiger charge is -2.17. The third kappa shape index (κ3) is 5.53. The molecule has 0 unspecified atom stereocenters. The Labute approximate surface area is 150 Å². The van der Waals surface area contributed by atoms with Gasteiger partial charge >= 0.3 is 6.18 Å². The highest BCUT2D eigenvalue weighted by molar-refractivity contribution is 7.92. The lowest BCUT2D eigenvalue weighted by Crippen LogP contribution is -2.32. The van der Waals surface area contributed by atoms with E-state index >= 15 is 0 Å². The van der Waals surface area contributed by atoms with E-state index in [0.29, 0.717) is 6.42 Å². The van der Waals surface area contributed by atoms with Crippen molar-refractivity contribution in [2.75, 3.05) is 19.6 Å². The molecule has 0 spiro atoms. The van der Waals surface area contributed by atoms with Gasteiger partial charge in [0.05, 0.1) is 11.3 Å². The zero-order chi connectivity index (χ0) is 19.6. The van der Waals surface area contributed by atoms with Gasteiger partial charge in [-0.05, 0) is 30.0 Å². The van der Waals surface area contributed by atoms with Crippen LogP contribution in [-0.4, -0.2) is 47.0 Å². The molecular weight excluding hydrogens is 393 g/mol. The van der Waals surface area contributed by atoms with Crippen LogP contribution in [0.3, 0.4) is 0 Å². The predicted molar refractivity (Wildman–Crippen MR) is 90.2 cm³/mol. The number of sulfonamides is 2. The predicted octanol–water partition coefficient (Wildman–Crippen LogP) is 1.86. The molecule has 0 amide bonds. The van der Waals surface area contributed by atoms with Crippen LogP contribution in [0.4, 0.5) is 13.2 Å². The largest absolute Gasteiger partial charge is 0.393 e. The van der Waals surface area contributed by atoms with Crippen LogP contribution in [-0.2, 0) is 26.5 Å². The maximum absolute atomic E-state index is 12.6. The summed E-state index contributed by atoms with van der Waals surface area (Å²) in [5, 5.41) is 0.777. The Kier molecular flexibility index (Phi) is 6.16. The molecule has 0 aromatic heterocycles. The molecule has 0 saturated carbocycles. The lowest BCUT2D eigenvalue weighted by molar-refractivity contribution is -0.127. The van der Waals surface area contributed by atoms with Gasteiger partial charge in [0.25, 0.3) is 0 Å². The van der Waals surface area contributed by atoms with Crippen molar-refractivity contribution in [3.63, 3.8) is 0 Å². The van der Waals surface area contributed by atoms with Crippen LogP contribution in [0.2, 0.25) is 0 Å². The molecule has 0 aliphatic carbocycles. The van der Waals surface area contributed by atoms with Gasteiger partial charge in [-0.1, -0.05) is 18.7 Å². The molecule has 1 aromatic carbocycles. The molecule has 1 N–H and O–H groups in total. The van der Waals surface area contributed by atoms with Gasteiger partial charge in [0.2, 0.25) is 20.0 Å². The van der Waals surface area contributed by atoms with Gasteiger partial charge < -0.3 is 0 Å². The Balaban J connectivity index is 2.03. The fourth-order valence-corrected chi connectivity index (χ4v) is 4.75. The molecule has 1 saturated heterocycles. The Morgan fingerprint density at radius 3 is 2.35 bits per heavy atom. The number of hydrogen-bond donors (Lipinski definition) is 1. The van der Waals surface area contributed by atoms with Crippen molar-refractivity contribution in [2.45, 2.75) is 23.9 Å². The van der Waals surface area contributed by atoms with Crippen LogP contribution < -0.4 is 4.72 Å². The number of rotatable bonds is 7. The molecule has 1 aliphatic heterocycles. The zero-order valence-electron chi connectivity index (χ0n) is 13.7. The monoisotopic (exact) mass is 412 g/mol. The molecule has 26 heavy (non-hydrogen) atoms. The van der Waals surface area contributed by atoms with E-state index in [2.05, 4.69) is 11.3 Å². The summed E-state index contributed by atoms with van der Waals surface area (Å²) in [6.07, 6.45) is -5.01. The van der Waals surface area contributed by atoms with Crippen molar-refractivity contribution in [3.05, 3.63) is 41.8 Å². The smallest absolute Gasteiger partial charge is 0.211 e. The van der Waals surface area contributed by atoms with Crippen molar-refractivity contribution < 1.29 is 30.0 Å². The summed E-state index contributed by atoms with van der Waals surface area (Å²) in [6, 6.07) is 4.60. The number of alkyl halides is 3. The molecule has 11 heteroatoms. The van der Waals surface area contributed by atoms with Crippen molar-refractivity contribution in [3.8, 4) is 0 Å². The van der Waals surface area contributed by atoms with E-state index in [0.717, 1.165) is 29.7 Å². The molecule has 0 bridgehead atoms. The van der Waals surface area contributed by atoms with Crippen molar-refractivity contribution >= 4 is 20.0 Å². The summed E-state index contributed by atoms with van der Waals surface area (Å²) in [5.41, 5.74) is -0.0189. The Bertz CT molecular complexity index is 850. The van der Waals surface area contributed by atoms with E-state index in [4.69, 9.17) is 0 Å². The summed E-state index contributed by atoms with van der Waals surface area (Å²) < 4.78 is 88.5. The van der Waals surface area contributed by atoms with E-state index in [1.165, 1.54) is 4.31 Å². The van der Waals surface area contributed by atoms with Crippen LogP contribution in [0, 0.1) is 5.92 Å².